The molecule has 48 valence electrons. The minimum absolute atomic E-state index is 0.278. The van der Waals surface area contributed by atoms with E-state index in [9.17, 15) is 0 Å². The van der Waals surface area contributed by atoms with Crippen molar-refractivity contribution in [2.45, 2.75) is 26.7 Å². The molecule has 1 heteroatoms. The fraction of sp³-hybridized carbons (Fsp3) is 0.714. The number of allylic oxidation sites excluding steroid dienone is 1. The average molecular weight is 114 g/mol. The molecule has 0 fully saturated rings. The molecule has 0 radical (unpaired) electrons. The minimum atomic E-state index is 0.278. The monoisotopic (exact) mass is 114 g/mol. The van der Waals surface area contributed by atoms with Crippen LogP contribution >= 0.6 is 0 Å². The highest BCUT2D eigenvalue weighted by atomic mass is 16.3. The third kappa shape index (κ3) is 2.67. The quantitative estimate of drug-likeness (QED) is 0.559. The first-order valence-corrected chi connectivity index (χ1v) is 3.06. The van der Waals surface area contributed by atoms with Gasteiger partial charge in [0.1, 0.15) is 0 Å². The van der Waals surface area contributed by atoms with Crippen LogP contribution in [0.3, 0.4) is 0 Å². The molecule has 0 unspecified atom stereocenters. The van der Waals surface area contributed by atoms with Gasteiger partial charge in [0.2, 0.25) is 0 Å². The van der Waals surface area contributed by atoms with Crippen molar-refractivity contribution in [3.05, 3.63) is 12.3 Å². The van der Waals surface area contributed by atoms with E-state index in [0.717, 1.165) is 12.8 Å². The zero-order chi connectivity index (χ0) is 6.57. The number of hydrogen-bond acceptors (Lipinski definition) is 1. The molecule has 0 aliphatic heterocycles. The molecule has 8 heavy (non-hydrogen) atoms. The molecular weight excluding hydrogens is 100 g/mol. The highest BCUT2D eigenvalue weighted by Crippen LogP contribution is 2.10. The maximum Gasteiger partial charge on any atom is 0.0879 e. The molecule has 0 aromatic rings. The zero-order valence-electron chi connectivity index (χ0n) is 5.65. The molecule has 0 heterocycles. The van der Waals surface area contributed by atoms with E-state index in [-0.39, 0.29) is 5.92 Å². The van der Waals surface area contributed by atoms with Crippen LogP contribution in [0.15, 0.2) is 12.3 Å². The average Bonchev–Trinajstić information content (AvgIpc) is 1.67. The molecular formula is C7H14O. The Morgan fingerprint density at radius 3 is 2.38 bits per heavy atom. The van der Waals surface area contributed by atoms with Crippen molar-refractivity contribution in [3.8, 4) is 0 Å². The van der Waals surface area contributed by atoms with Crippen LogP contribution in [-0.2, 0) is 0 Å². The Morgan fingerprint density at radius 2 is 2.25 bits per heavy atom. The Kier molecular flexibility index (Phi) is 3.33. The van der Waals surface area contributed by atoms with Crippen LogP contribution in [0.2, 0.25) is 0 Å². The number of rotatable bonds is 3. The summed E-state index contributed by atoms with van der Waals surface area (Å²) in [6.45, 7) is 7.50. The summed E-state index contributed by atoms with van der Waals surface area (Å²) in [6.07, 6.45) is 2.15. The van der Waals surface area contributed by atoms with Crippen molar-refractivity contribution < 1.29 is 5.11 Å². The van der Waals surface area contributed by atoms with E-state index < -0.39 is 0 Å². The lowest BCUT2D eigenvalue weighted by atomic mass is 10.1. The van der Waals surface area contributed by atoms with Crippen LogP contribution in [0.4, 0.5) is 0 Å². The van der Waals surface area contributed by atoms with Crippen molar-refractivity contribution in [2.24, 2.45) is 5.92 Å². The lowest BCUT2D eigenvalue weighted by molar-refractivity contribution is 0.333. The molecule has 1 N–H and O–H groups in total. The molecule has 0 aliphatic carbocycles. The van der Waals surface area contributed by atoms with Gasteiger partial charge in [-0.05, 0) is 6.42 Å². The normalized spacial score (nSPS) is 13.2. The van der Waals surface area contributed by atoms with Gasteiger partial charge < -0.3 is 5.11 Å². The van der Waals surface area contributed by atoms with Gasteiger partial charge in [-0.25, -0.2) is 0 Å². The maximum absolute atomic E-state index is 8.76. The highest BCUT2D eigenvalue weighted by Gasteiger charge is 2.00. The maximum atomic E-state index is 8.76. The Morgan fingerprint density at radius 1 is 1.75 bits per heavy atom. The third-order valence-electron chi connectivity index (χ3n) is 1.29. The van der Waals surface area contributed by atoms with Crippen LogP contribution < -0.4 is 0 Å². The van der Waals surface area contributed by atoms with Gasteiger partial charge in [-0.15, -0.1) is 0 Å². The van der Waals surface area contributed by atoms with Gasteiger partial charge in [-0.2, -0.15) is 0 Å². The highest BCUT2D eigenvalue weighted by molar-refractivity contribution is 4.84. The van der Waals surface area contributed by atoms with E-state index in [1.165, 1.54) is 0 Å². The second-order valence-electron chi connectivity index (χ2n) is 2.18. The first-order chi connectivity index (χ1) is 3.68. The van der Waals surface area contributed by atoms with Crippen molar-refractivity contribution in [2.75, 3.05) is 0 Å². The van der Waals surface area contributed by atoms with Crippen molar-refractivity contribution in [3.63, 3.8) is 0 Å². The van der Waals surface area contributed by atoms with Crippen LogP contribution in [0.25, 0.3) is 0 Å². The van der Waals surface area contributed by atoms with Crippen molar-refractivity contribution >= 4 is 0 Å². The van der Waals surface area contributed by atoms with E-state index in [0.29, 0.717) is 5.76 Å². The summed E-state index contributed by atoms with van der Waals surface area (Å²) in [5, 5.41) is 8.76. The van der Waals surface area contributed by atoms with E-state index >= 15 is 0 Å². The van der Waals surface area contributed by atoms with Gasteiger partial charge >= 0.3 is 0 Å². The van der Waals surface area contributed by atoms with Gasteiger partial charge in [-0.3, -0.25) is 0 Å². The second-order valence-corrected chi connectivity index (χ2v) is 2.18. The summed E-state index contributed by atoms with van der Waals surface area (Å²) in [4.78, 5) is 0. The molecule has 0 saturated carbocycles. The van der Waals surface area contributed by atoms with Gasteiger partial charge in [0.25, 0.3) is 0 Å². The van der Waals surface area contributed by atoms with E-state index in [4.69, 9.17) is 5.11 Å². The number of aliphatic hydroxyl groups is 1. The van der Waals surface area contributed by atoms with E-state index in [2.05, 4.69) is 13.5 Å². The Labute approximate surface area is 51.0 Å². The second kappa shape index (κ2) is 3.53. The summed E-state index contributed by atoms with van der Waals surface area (Å²) in [7, 11) is 0. The Balaban J connectivity index is 3.32. The van der Waals surface area contributed by atoms with Crippen molar-refractivity contribution in [1.29, 1.82) is 0 Å². The summed E-state index contributed by atoms with van der Waals surface area (Å²) in [5.41, 5.74) is 0. The van der Waals surface area contributed by atoms with Crippen LogP contribution in [0, 0.1) is 5.92 Å². The number of hydrogen-bond donors (Lipinski definition) is 1. The van der Waals surface area contributed by atoms with E-state index in [1.54, 1.807) is 0 Å². The van der Waals surface area contributed by atoms with Gasteiger partial charge in [0, 0.05) is 5.92 Å². The smallest absolute Gasteiger partial charge is 0.0879 e. The molecule has 0 aromatic carbocycles. The molecule has 1 nitrogen and oxygen atoms in total. The molecule has 0 saturated heterocycles. The van der Waals surface area contributed by atoms with Crippen LogP contribution in [0.5, 0.6) is 0 Å². The predicted molar refractivity (Wildman–Crippen MR) is 35.8 cm³/mol. The lowest BCUT2D eigenvalue weighted by Crippen LogP contribution is -1.95. The SMILES string of the molecule is C=C(O)[C@H](C)CCC. The summed E-state index contributed by atoms with van der Waals surface area (Å²) in [5.74, 6) is 0.590. The molecule has 0 aromatic heterocycles. The van der Waals surface area contributed by atoms with Gasteiger partial charge in [0.05, 0.1) is 5.76 Å². The van der Waals surface area contributed by atoms with Gasteiger partial charge in [-0.1, -0.05) is 26.8 Å². The van der Waals surface area contributed by atoms with E-state index in [1.807, 2.05) is 6.92 Å². The summed E-state index contributed by atoms with van der Waals surface area (Å²) < 4.78 is 0. The minimum Gasteiger partial charge on any atom is -0.513 e. The fourth-order valence-electron chi connectivity index (χ4n) is 0.600. The van der Waals surface area contributed by atoms with Crippen LogP contribution in [-0.4, -0.2) is 5.11 Å². The molecule has 1 atom stereocenters. The zero-order valence-corrected chi connectivity index (χ0v) is 5.65. The van der Waals surface area contributed by atoms with Gasteiger partial charge in [0.15, 0.2) is 0 Å². The fourth-order valence-corrected chi connectivity index (χ4v) is 0.600. The molecule has 0 rings (SSSR count). The van der Waals surface area contributed by atoms with Crippen LogP contribution in [0.1, 0.15) is 26.7 Å². The first-order valence-electron chi connectivity index (χ1n) is 3.06. The Bertz CT molecular complexity index is 76.5. The first kappa shape index (κ1) is 7.54. The Hall–Kier alpha value is -0.460. The molecule has 0 bridgehead atoms. The molecule has 0 spiro atoms. The van der Waals surface area contributed by atoms with Crippen molar-refractivity contribution in [1.82, 2.24) is 0 Å². The lowest BCUT2D eigenvalue weighted by Gasteiger charge is -2.05. The topological polar surface area (TPSA) is 20.2 Å². The predicted octanol–water partition coefficient (Wildman–Crippen LogP) is 2.49. The third-order valence-corrected chi connectivity index (χ3v) is 1.29. The molecule has 0 amide bonds. The summed E-state index contributed by atoms with van der Waals surface area (Å²) in [6, 6.07) is 0. The standard InChI is InChI=1S/C7H14O/c1-4-5-6(2)7(3)8/h6,8H,3-5H2,1-2H3/t6-/m1/s1. The largest absolute Gasteiger partial charge is 0.513 e. The number of aliphatic hydroxyl groups excluding tert-OH is 1. The summed E-state index contributed by atoms with van der Waals surface area (Å²) >= 11 is 0. The molecule has 0 aliphatic rings.